The lowest BCUT2D eigenvalue weighted by Crippen LogP contribution is -2.58. The van der Waals surface area contributed by atoms with Crippen LogP contribution in [0.25, 0.3) is 0 Å². The van der Waals surface area contributed by atoms with Gasteiger partial charge in [0.05, 0.1) is 12.1 Å². The van der Waals surface area contributed by atoms with Gasteiger partial charge in [-0.2, -0.15) is 4.90 Å². The number of amides is 4. The predicted octanol–water partition coefficient (Wildman–Crippen LogP) is 5.29. The SMILES string of the molecule is CC(C)C[C@H](N)C(=O)N[C@@H](Cc1ccccc1)C(=O)N(C(=O)OC(C)(C)C)C(=O)[C@H](Cc1ccccc1)C[C@H](O)[C@@H](N)CC1CCCCC1. The molecule has 10 nitrogen and oxygen atoms in total. The lowest BCUT2D eigenvalue weighted by Gasteiger charge is -2.32. The number of ether oxygens (including phenoxy) is 1. The number of nitrogens with two attached hydrogens (primary N) is 2. The molecule has 4 amide bonds. The van der Waals surface area contributed by atoms with E-state index in [0.29, 0.717) is 29.2 Å². The summed E-state index contributed by atoms with van der Waals surface area (Å²) >= 11 is 0. The van der Waals surface area contributed by atoms with E-state index in [4.69, 9.17) is 16.2 Å². The van der Waals surface area contributed by atoms with Crippen molar-refractivity contribution in [2.45, 2.75) is 129 Å². The van der Waals surface area contributed by atoms with Crippen LogP contribution in [0.15, 0.2) is 60.7 Å². The van der Waals surface area contributed by atoms with Crippen LogP contribution < -0.4 is 16.8 Å². The highest BCUT2D eigenvalue weighted by Crippen LogP contribution is 2.29. The molecule has 49 heavy (non-hydrogen) atoms. The zero-order valence-corrected chi connectivity index (χ0v) is 30.0. The van der Waals surface area contributed by atoms with E-state index in [1.54, 1.807) is 45.0 Å². The number of aliphatic hydroxyl groups excluding tert-OH is 1. The monoisotopic (exact) mass is 678 g/mol. The smallest absolute Gasteiger partial charge is 0.424 e. The van der Waals surface area contributed by atoms with Crippen molar-refractivity contribution in [2.24, 2.45) is 29.2 Å². The maximum absolute atomic E-state index is 14.6. The van der Waals surface area contributed by atoms with Crippen molar-refractivity contribution >= 4 is 23.8 Å². The lowest BCUT2D eigenvalue weighted by atomic mass is 9.82. The van der Waals surface area contributed by atoms with Gasteiger partial charge in [0.2, 0.25) is 11.8 Å². The van der Waals surface area contributed by atoms with Gasteiger partial charge in [-0.05, 0) is 69.4 Å². The quantitative estimate of drug-likeness (QED) is 0.197. The molecule has 1 aliphatic carbocycles. The number of imide groups is 3. The molecule has 270 valence electrons. The highest BCUT2D eigenvalue weighted by Gasteiger charge is 2.42. The summed E-state index contributed by atoms with van der Waals surface area (Å²) in [6, 6.07) is 15.5. The molecule has 0 spiro atoms. The maximum atomic E-state index is 14.6. The Morgan fingerprint density at radius 2 is 1.41 bits per heavy atom. The number of benzene rings is 2. The second-order valence-electron chi connectivity index (χ2n) is 15.1. The molecule has 1 aliphatic rings. The Labute approximate surface area is 292 Å². The van der Waals surface area contributed by atoms with E-state index in [-0.39, 0.29) is 25.2 Å². The van der Waals surface area contributed by atoms with E-state index in [1.165, 1.54) is 6.42 Å². The molecular formula is C39H58N4O6. The first-order valence-corrected chi connectivity index (χ1v) is 17.8. The third-order valence-electron chi connectivity index (χ3n) is 9.00. The fourth-order valence-electron chi connectivity index (χ4n) is 6.48. The van der Waals surface area contributed by atoms with Crippen LogP contribution in [0.3, 0.4) is 0 Å². The average molecular weight is 679 g/mol. The molecule has 5 atom stereocenters. The summed E-state index contributed by atoms with van der Waals surface area (Å²) in [6.45, 7) is 8.79. The molecule has 3 rings (SSSR count). The number of rotatable bonds is 15. The molecule has 2 aromatic rings. The first kappa shape index (κ1) is 39.8. The van der Waals surface area contributed by atoms with Crippen LogP contribution in [0.2, 0.25) is 0 Å². The number of carbonyl (C=O) groups excluding carboxylic acids is 4. The average Bonchev–Trinajstić information content (AvgIpc) is 3.04. The van der Waals surface area contributed by atoms with E-state index >= 15 is 0 Å². The normalized spacial score (nSPS) is 17.0. The first-order valence-electron chi connectivity index (χ1n) is 17.8. The summed E-state index contributed by atoms with van der Waals surface area (Å²) in [5, 5.41) is 14.1. The highest BCUT2D eigenvalue weighted by molar-refractivity contribution is 6.11. The number of carbonyl (C=O) groups is 4. The third kappa shape index (κ3) is 13.3. The Bertz CT molecular complexity index is 1340. The van der Waals surface area contributed by atoms with E-state index in [1.807, 2.05) is 50.2 Å². The van der Waals surface area contributed by atoms with Crippen molar-refractivity contribution in [3.63, 3.8) is 0 Å². The molecular weight excluding hydrogens is 620 g/mol. The lowest BCUT2D eigenvalue weighted by molar-refractivity contribution is -0.149. The van der Waals surface area contributed by atoms with Crippen LogP contribution in [0, 0.1) is 17.8 Å². The van der Waals surface area contributed by atoms with Crippen molar-refractivity contribution < 1.29 is 29.0 Å². The molecule has 0 aromatic heterocycles. The molecule has 2 aromatic carbocycles. The van der Waals surface area contributed by atoms with Gasteiger partial charge in [-0.1, -0.05) is 107 Å². The molecule has 0 radical (unpaired) electrons. The minimum atomic E-state index is -1.31. The Balaban J connectivity index is 2.00. The Morgan fingerprint density at radius 3 is 1.94 bits per heavy atom. The van der Waals surface area contributed by atoms with E-state index in [2.05, 4.69) is 5.32 Å². The number of hydrogen-bond donors (Lipinski definition) is 4. The summed E-state index contributed by atoms with van der Waals surface area (Å²) in [7, 11) is 0. The van der Waals surface area contributed by atoms with Crippen molar-refractivity contribution in [2.75, 3.05) is 0 Å². The number of nitrogens with zero attached hydrogens (tertiary/aromatic N) is 1. The number of aliphatic hydroxyl groups is 1. The third-order valence-corrected chi connectivity index (χ3v) is 9.00. The Kier molecular flexibility index (Phi) is 15.4. The Hall–Kier alpha value is -3.60. The molecule has 0 unspecified atom stereocenters. The fourth-order valence-corrected chi connectivity index (χ4v) is 6.48. The van der Waals surface area contributed by atoms with Gasteiger partial charge in [-0.25, -0.2) is 4.79 Å². The fraction of sp³-hybridized carbons (Fsp3) is 0.590. The largest absolute Gasteiger partial charge is 0.443 e. The zero-order chi connectivity index (χ0) is 36.1. The summed E-state index contributed by atoms with van der Waals surface area (Å²) in [5.74, 6) is -2.80. The van der Waals surface area contributed by atoms with E-state index < -0.39 is 59.6 Å². The number of nitrogens with one attached hydrogen (secondary N) is 1. The van der Waals surface area contributed by atoms with Crippen molar-refractivity contribution in [3.05, 3.63) is 71.8 Å². The van der Waals surface area contributed by atoms with Crippen LogP contribution in [0.1, 0.15) is 97.1 Å². The molecule has 10 heteroatoms. The van der Waals surface area contributed by atoms with Gasteiger partial charge in [0.1, 0.15) is 11.6 Å². The van der Waals surface area contributed by atoms with E-state index in [9.17, 15) is 24.3 Å². The molecule has 0 heterocycles. The zero-order valence-electron chi connectivity index (χ0n) is 30.0. The number of hydrogen-bond acceptors (Lipinski definition) is 8. The van der Waals surface area contributed by atoms with Crippen LogP contribution in [0.4, 0.5) is 4.79 Å². The molecule has 6 N–H and O–H groups in total. The van der Waals surface area contributed by atoms with Gasteiger partial charge in [-0.3, -0.25) is 14.4 Å². The summed E-state index contributed by atoms with van der Waals surface area (Å²) in [5.41, 5.74) is 13.2. The topological polar surface area (TPSA) is 165 Å². The van der Waals surface area contributed by atoms with Crippen molar-refractivity contribution in [1.82, 2.24) is 10.2 Å². The van der Waals surface area contributed by atoms with Gasteiger partial charge < -0.3 is 26.6 Å². The second-order valence-corrected chi connectivity index (χ2v) is 15.1. The summed E-state index contributed by atoms with van der Waals surface area (Å²) in [6.07, 6.45) is 4.48. The van der Waals surface area contributed by atoms with Crippen molar-refractivity contribution in [1.29, 1.82) is 0 Å². The maximum Gasteiger partial charge on any atom is 0.424 e. The molecule has 0 aliphatic heterocycles. The molecule has 0 saturated heterocycles. The van der Waals surface area contributed by atoms with E-state index in [0.717, 1.165) is 31.2 Å². The highest BCUT2D eigenvalue weighted by atomic mass is 16.6. The Morgan fingerprint density at radius 1 is 0.857 bits per heavy atom. The van der Waals surface area contributed by atoms with Crippen molar-refractivity contribution in [3.8, 4) is 0 Å². The van der Waals surface area contributed by atoms with Gasteiger partial charge in [0.25, 0.3) is 5.91 Å². The van der Waals surface area contributed by atoms with Gasteiger partial charge in [0, 0.05) is 18.4 Å². The molecule has 1 fully saturated rings. The van der Waals surface area contributed by atoms with Crippen LogP contribution in [-0.4, -0.2) is 63.7 Å². The first-order chi connectivity index (χ1) is 23.1. The van der Waals surface area contributed by atoms with Crippen LogP contribution >= 0.6 is 0 Å². The predicted molar refractivity (Wildman–Crippen MR) is 191 cm³/mol. The van der Waals surface area contributed by atoms with Gasteiger partial charge in [0.15, 0.2) is 0 Å². The van der Waals surface area contributed by atoms with Crippen LogP contribution in [0.5, 0.6) is 0 Å². The van der Waals surface area contributed by atoms with Crippen LogP contribution in [-0.2, 0) is 32.0 Å². The minimum Gasteiger partial charge on any atom is -0.443 e. The standard InChI is InChI=1S/C39H58N4O6/c1-26(2)21-32(41)35(45)42-33(24-29-19-13-8-14-20-29)37(47)43(38(48)49-39(3,4)5)36(46)30(22-27-15-9-6-10-16-27)25-34(44)31(40)23-28-17-11-7-12-18-28/h6,8-10,13-16,19-20,26,28,30-34,44H,7,11-12,17-18,21-25,40-41H2,1-5H3,(H,42,45)/t30-,31+,32+,33+,34+/m1/s1. The van der Waals surface area contributed by atoms with Gasteiger partial charge in [-0.15, -0.1) is 0 Å². The second kappa shape index (κ2) is 19.0. The molecule has 0 bridgehead atoms. The minimum absolute atomic E-state index is 0.00459. The summed E-state index contributed by atoms with van der Waals surface area (Å²) in [4.78, 5) is 56.7. The molecule has 1 saturated carbocycles. The van der Waals surface area contributed by atoms with Gasteiger partial charge >= 0.3 is 6.09 Å². The summed E-state index contributed by atoms with van der Waals surface area (Å²) < 4.78 is 5.62.